The van der Waals surface area contributed by atoms with Gasteiger partial charge in [0, 0.05) is 13.3 Å². The second kappa shape index (κ2) is 2.90. The van der Waals surface area contributed by atoms with Crippen molar-refractivity contribution in [2.24, 2.45) is 9.98 Å². The molecule has 1 unspecified atom stereocenters. The number of hydrogen-bond donors (Lipinski definition) is 0. The molecule has 0 aromatic rings. The molecule has 1 aliphatic heterocycles. The first-order valence-corrected chi connectivity index (χ1v) is 2.97. The summed E-state index contributed by atoms with van der Waals surface area (Å²) in [6.45, 7) is 0. The third-order valence-corrected chi connectivity index (χ3v) is 1.20. The monoisotopic (exact) mass is 160 g/mol. The highest BCUT2D eigenvalue weighted by atomic mass is 35.5. The van der Waals surface area contributed by atoms with Gasteiger partial charge in [-0.05, 0) is 11.6 Å². The molecule has 4 nitrogen and oxygen atoms in total. The fourth-order valence-electron chi connectivity index (χ4n) is 0.538. The molecule has 0 aliphatic carbocycles. The van der Waals surface area contributed by atoms with Gasteiger partial charge in [-0.1, -0.05) is 0 Å². The largest absolute Gasteiger partial charge is 0.366 e. The van der Waals surface area contributed by atoms with E-state index in [2.05, 4.69) is 14.7 Å². The minimum Gasteiger partial charge on any atom is -0.366 e. The van der Waals surface area contributed by atoms with Gasteiger partial charge in [0.25, 0.3) is 5.91 Å². The van der Waals surface area contributed by atoms with Gasteiger partial charge in [0.1, 0.15) is 0 Å². The maximum absolute atomic E-state index is 10.7. The van der Waals surface area contributed by atoms with Crippen molar-refractivity contribution >= 4 is 29.0 Å². The topological polar surface area (TPSA) is 51.0 Å². The molecular formula is C5H5ClN2O2. The van der Waals surface area contributed by atoms with Gasteiger partial charge in [-0.2, -0.15) is 4.99 Å². The van der Waals surface area contributed by atoms with Crippen LogP contribution in [0.4, 0.5) is 0 Å². The second-order valence-corrected chi connectivity index (χ2v) is 1.99. The number of aliphatic imine (C=N–C) groups is 2. The van der Waals surface area contributed by atoms with E-state index >= 15 is 0 Å². The first-order chi connectivity index (χ1) is 4.74. The van der Waals surface area contributed by atoms with E-state index in [9.17, 15) is 4.79 Å². The number of rotatable bonds is 1. The average molecular weight is 161 g/mol. The molecule has 1 amide bonds. The highest BCUT2D eigenvalue weighted by molar-refractivity contribution is 6.66. The standard InChI is InChI=1S/C5H5ClN2O2/c1-10-3-2-7-5(6)8-4(3)9/h2-3H,1H3. The highest BCUT2D eigenvalue weighted by Crippen LogP contribution is 2.00. The highest BCUT2D eigenvalue weighted by Gasteiger charge is 2.18. The normalized spacial score (nSPS) is 24.8. The predicted octanol–water partition coefficient (Wildman–Crippen LogP) is 0.207. The van der Waals surface area contributed by atoms with Crippen LogP contribution >= 0.6 is 11.6 Å². The summed E-state index contributed by atoms with van der Waals surface area (Å²) in [6.07, 6.45) is 0.653. The smallest absolute Gasteiger partial charge is 0.283 e. The van der Waals surface area contributed by atoms with E-state index in [0.717, 1.165) is 0 Å². The van der Waals surface area contributed by atoms with Crippen LogP contribution in [0, 0.1) is 0 Å². The molecule has 0 bridgehead atoms. The Morgan fingerprint density at radius 1 is 1.80 bits per heavy atom. The molecular weight excluding hydrogens is 156 g/mol. The summed E-state index contributed by atoms with van der Waals surface area (Å²) >= 11 is 5.31. The number of nitrogens with zero attached hydrogens (tertiary/aromatic N) is 2. The fraction of sp³-hybridized carbons (Fsp3) is 0.400. The lowest BCUT2D eigenvalue weighted by Gasteiger charge is -2.07. The quantitative estimate of drug-likeness (QED) is 0.515. The summed E-state index contributed by atoms with van der Waals surface area (Å²) in [7, 11) is 1.41. The van der Waals surface area contributed by atoms with Crippen LogP contribution in [0.5, 0.6) is 0 Å². The fourth-order valence-corrected chi connectivity index (χ4v) is 0.678. The zero-order valence-electron chi connectivity index (χ0n) is 5.24. The van der Waals surface area contributed by atoms with E-state index < -0.39 is 12.0 Å². The van der Waals surface area contributed by atoms with Gasteiger partial charge >= 0.3 is 0 Å². The molecule has 0 fully saturated rings. The Morgan fingerprint density at radius 2 is 2.50 bits per heavy atom. The van der Waals surface area contributed by atoms with E-state index in [0.29, 0.717) is 0 Å². The Bertz CT molecular complexity index is 212. The summed E-state index contributed by atoms with van der Waals surface area (Å²) in [5, 5.41) is -0.0432. The Hall–Kier alpha value is -0.740. The van der Waals surface area contributed by atoms with Gasteiger partial charge in [0.2, 0.25) is 5.29 Å². The molecule has 1 aliphatic rings. The third-order valence-electron chi connectivity index (χ3n) is 1.02. The van der Waals surface area contributed by atoms with Crippen molar-refractivity contribution in [2.45, 2.75) is 6.10 Å². The van der Waals surface area contributed by atoms with E-state index in [-0.39, 0.29) is 5.29 Å². The van der Waals surface area contributed by atoms with E-state index in [4.69, 9.17) is 11.6 Å². The number of amides is 1. The van der Waals surface area contributed by atoms with Crippen LogP contribution in [0.15, 0.2) is 9.98 Å². The lowest BCUT2D eigenvalue weighted by molar-refractivity contribution is -0.123. The molecule has 1 rings (SSSR count). The lowest BCUT2D eigenvalue weighted by atomic mass is 10.3. The Kier molecular flexibility index (Phi) is 2.13. The Morgan fingerprint density at radius 3 is 3.00 bits per heavy atom. The molecule has 0 radical (unpaired) electrons. The first-order valence-electron chi connectivity index (χ1n) is 2.59. The van der Waals surface area contributed by atoms with Crippen LogP contribution in [0.1, 0.15) is 0 Å². The number of hydrogen-bond acceptors (Lipinski definition) is 3. The van der Waals surface area contributed by atoms with Crippen LogP contribution in [0.3, 0.4) is 0 Å². The zero-order valence-corrected chi connectivity index (χ0v) is 6.00. The van der Waals surface area contributed by atoms with E-state index in [1.54, 1.807) is 0 Å². The molecule has 0 aromatic heterocycles. The summed E-state index contributed by atoms with van der Waals surface area (Å²) < 4.78 is 4.69. The Labute approximate surface area is 62.6 Å². The van der Waals surface area contributed by atoms with Gasteiger partial charge in [-0.15, -0.1) is 0 Å². The SMILES string of the molecule is COC1C=NC(Cl)=NC1=O. The van der Waals surface area contributed by atoms with Gasteiger partial charge in [0.05, 0.1) is 0 Å². The summed E-state index contributed by atoms with van der Waals surface area (Å²) in [4.78, 5) is 17.7. The number of ether oxygens (including phenoxy) is 1. The second-order valence-electron chi connectivity index (χ2n) is 1.65. The molecule has 1 heterocycles. The van der Waals surface area contributed by atoms with Gasteiger partial charge in [-0.25, -0.2) is 4.99 Å². The predicted molar refractivity (Wildman–Crippen MR) is 37.6 cm³/mol. The van der Waals surface area contributed by atoms with Crippen molar-refractivity contribution in [2.75, 3.05) is 7.11 Å². The molecule has 0 N–H and O–H groups in total. The van der Waals surface area contributed by atoms with Gasteiger partial charge in [-0.3, -0.25) is 4.79 Å². The molecule has 0 saturated heterocycles. The van der Waals surface area contributed by atoms with Crippen molar-refractivity contribution < 1.29 is 9.53 Å². The molecule has 1 atom stereocenters. The summed E-state index contributed by atoms with van der Waals surface area (Å²) in [5.41, 5.74) is 0. The van der Waals surface area contributed by atoms with Crippen molar-refractivity contribution in [3.05, 3.63) is 0 Å². The van der Waals surface area contributed by atoms with E-state index in [1.165, 1.54) is 13.3 Å². The molecule has 5 heteroatoms. The molecule has 0 aromatic carbocycles. The van der Waals surface area contributed by atoms with Crippen LogP contribution in [0.25, 0.3) is 0 Å². The van der Waals surface area contributed by atoms with Gasteiger partial charge in [0.15, 0.2) is 6.10 Å². The van der Waals surface area contributed by atoms with Crippen molar-refractivity contribution in [1.82, 2.24) is 0 Å². The van der Waals surface area contributed by atoms with Crippen molar-refractivity contribution in [3.63, 3.8) is 0 Å². The number of methoxy groups -OCH3 is 1. The van der Waals surface area contributed by atoms with Crippen LogP contribution in [0.2, 0.25) is 0 Å². The maximum atomic E-state index is 10.7. The van der Waals surface area contributed by atoms with Crippen molar-refractivity contribution in [3.8, 4) is 0 Å². The average Bonchev–Trinajstić information content (AvgIpc) is 1.88. The van der Waals surface area contributed by atoms with Crippen molar-refractivity contribution in [1.29, 1.82) is 0 Å². The zero-order chi connectivity index (χ0) is 7.56. The third kappa shape index (κ3) is 1.40. The molecule has 0 spiro atoms. The summed E-state index contributed by atoms with van der Waals surface area (Å²) in [5.74, 6) is -0.414. The molecule has 10 heavy (non-hydrogen) atoms. The Balaban J connectivity index is 2.74. The number of carbonyl (C=O) groups excluding carboxylic acids is 1. The number of amidine groups is 1. The van der Waals surface area contributed by atoms with Gasteiger partial charge < -0.3 is 4.74 Å². The lowest BCUT2D eigenvalue weighted by Crippen LogP contribution is -2.26. The summed E-state index contributed by atoms with van der Waals surface area (Å²) in [6, 6.07) is 0. The van der Waals surface area contributed by atoms with E-state index in [1.807, 2.05) is 0 Å². The number of halogens is 1. The first kappa shape index (κ1) is 7.37. The minimum absolute atomic E-state index is 0.0432. The van der Waals surface area contributed by atoms with Crippen LogP contribution in [-0.4, -0.2) is 30.6 Å². The van der Waals surface area contributed by atoms with Crippen LogP contribution in [-0.2, 0) is 9.53 Å². The number of carbonyl (C=O) groups is 1. The maximum Gasteiger partial charge on any atom is 0.283 e. The minimum atomic E-state index is -0.664. The van der Waals surface area contributed by atoms with Crippen LogP contribution < -0.4 is 0 Å². The molecule has 0 saturated carbocycles. The molecule has 54 valence electrons.